The minimum absolute atomic E-state index is 0.152. The number of pyridine rings is 2. The zero-order chi connectivity index (χ0) is 20.9. The third-order valence-corrected chi connectivity index (χ3v) is 4.69. The van der Waals surface area contributed by atoms with Crippen molar-refractivity contribution in [1.82, 2.24) is 25.1 Å². The van der Waals surface area contributed by atoms with Crippen molar-refractivity contribution in [1.29, 1.82) is 0 Å². The molecule has 0 saturated heterocycles. The van der Waals surface area contributed by atoms with E-state index in [9.17, 15) is 4.79 Å². The molecule has 0 radical (unpaired) electrons. The number of nitrogens with one attached hydrogen (secondary N) is 1. The summed E-state index contributed by atoms with van der Waals surface area (Å²) in [6.07, 6.45) is 8.75. The van der Waals surface area contributed by atoms with Gasteiger partial charge in [0.05, 0.1) is 11.9 Å². The Kier molecular flexibility index (Phi) is 5.52. The monoisotopic (exact) mass is 399 g/mol. The topological polar surface area (TPSA) is 81.9 Å². The van der Waals surface area contributed by atoms with Gasteiger partial charge in [-0.1, -0.05) is 6.07 Å². The summed E-state index contributed by atoms with van der Waals surface area (Å²) in [6.45, 7) is 2.31. The molecule has 4 aromatic rings. The number of hydrogen-bond donors (Lipinski definition) is 1. The van der Waals surface area contributed by atoms with Crippen LogP contribution in [0.5, 0.6) is 11.5 Å². The molecule has 0 atom stereocenters. The van der Waals surface area contributed by atoms with E-state index >= 15 is 0 Å². The quantitative estimate of drug-likeness (QED) is 0.532. The molecule has 150 valence electrons. The van der Waals surface area contributed by atoms with Crippen molar-refractivity contribution in [2.75, 3.05) is 0 Å². The number of benzene rings is 1. The van der Waals surface area contributed by atoms with Gasteiger partial charge in [0.25, 0.3) is 5.91 Å². The van der Waals surface area contributed by atoms with Gasteiger partial charge in [0.15, 0.2) is 0 Å². The van der Waals surface area contributed by atoms with Gasteiger partial charge < -0.3 is 10.1 Å². The number of aromatic nitrogens is 4. The summed E-state index contributed by atoms with van der Waals surface area (Å²) in [5.41, 5.74) is 4.00. The third-order valence-electron chi connectivity index (χ3n) is 4.69. The molecule has 7 heteroatoms. The second kappa shape index (κ2) is 8.57. The molecular formula is C23H21N5O2. The van der Waals surface area contributed by atoms with Gasteiger partial charge in [0.1, 0.15) is 11.5 Å². The lowest BCUT2D eigenvalue weighted by Crippen LogP contribution is -2.23. The van der Waals surface area contributed by atoms with Crippen LogP contribution in [0.3, 0.4) is 0 Å². The normalized spacial score (nSPS) is 10.6. The highest BCUT2D eigenvalue weighted by atomic mass is 16.5. The number of carbonyl (C=O) groups is 1. The van der Waals surface area contributed by atoms with Gasteiger partial charge in [0.2, 0.25) is 0 Å². The van der Waals surface area contributed by atoms with Crippen molar-refractivity contribution in [2.45, 2.75) is 13.5 Å². The van der Waals surface area contributed by atoms with Crippen LogP contribution in [-0.4, -0.2) is 25.7 Å². The van der Waals surface area contributed by atoms with Crippen molar-refractivity contribution in [3.63, 3.8) is 0 Å². The van der Waals surface area contributed by atoms with E-state index < -0.39 is 0 Å². The van der Waals surface area contributed by atoms with E-state index in [0.717, 1.165) is 22.4 Å². The predicted octanol–water partition coefficient (Wildman–Crippen LogP) is 3.91. The fourth-order valence-electron chi connectivity index (χ4n) is 3.06. The number of amides is 1. The molecule has 3 heterocycles. The number of hydrogen-bond acceptors (Lipinski definition) is 5. The van der Waals surface area contributed by atoms with Crippen LogP contribution >= 0.6 is 0 Å². The number of aryl methyl sites for hydroxylation is 1. The standard InChI is InChI=1S/C23H21N5O2/c1-16-20(23(29)26-13-17-6-9-24-10-7-17)4-3-5-22(16)30-19-8-11-25-21(12-19)18-14-27-28(2)15-18/h3-12,14-15H,13H2,1-2H3,(H,26,29). The Morgan fingerprint density at radius 3 is 2.73 bits per heavy atom. The van der Waals surface area contributed by atoms with Crippen LogP contribution in [0.2, 0.25) is 0 Å². The third kappa shape index (κ3) is 4.35. The fraction of sp³-hybridized carbons (Fsp3) is 0.130. The summed E-state index contributed by atoms with van der Waals surface area (Å²) in [7, 11) is 1.86. The molecule has 30 heavy (non-hydrogen) atoms. The van der Waals surface area contributed by atoms with Crippen LogP contribution in [0.4, 0.5) is 0 Å². The lowest BCUT2D eigenvalue weighted by molar-refractivity contribution is 0.0950. The first kappa shape index (κ1) is 19.3. The van der Waals surface area contributed by atoms with Gasteiger partial charge in [0, 0.05) is 61.1 Å². The molecule has 0 saturated carbocycles. The van der Waals surface area contributed by atoms with Crippen LogP contribution < -0.4 is 10.1 Å². The van der Waals surface area contributed by atoms with Crippen molar-refractivity contribution in [3.05, 3.63) is 90.1 Å². The Bertz CT molecular complexity index is 1170. The van der Waals surface area contributed by atoms with Crippen LogP contribution in [0, 0.1) is 6.92 Å². The molecule has 1 aromatic carbocycles. The number of nitrogens with zero attached hydrogens (tertiary/aromatic N) is 4. The van der Waals surface area contributed by atoms with E-state index in [2.05, 4.69) is 20.4 Å². The zero-order valence-corrected chi connectivity index (χ0v) is 16.7. The van der Waals surface area contributed by atoms with Gasteiger partial charge in [-0.2, -0.15) is 5.10 Å². The van der Waals surface area contributed by atoms with E-state index in [0.29, 0.717) is 23.6 Å². The second-order valence-electron chi connectivity index (χ2n) is 6.85. The molecule has 0 spiro atoms. The van der Waals surface area contributed by atoms with E-state index in [1.807, 2.05) is 50.5 Å². The molecule has 4 rings (SSSR count). The first-order valence-corrected chi connectivity index (χ1v) is 9.50. The van der Waals surface area contributed by atoms with Crippen LogP contribution in [0.1, 0.15) is 21.5 Å². The second-order valence-corrected chi connectivity index (χ2v) is 6.85. The lowest BCUT2D eigenvalue weighted by atomic mass is 10.1. The number of carbonyl (C=O) groups excluding carboxylic acids is 1. The van der Waals surface area contributed by atoms with Gasteiger partial charge >= 0.3 is 0 Å². The average Bonchev–Trinajstić information content (AvgIpc) is 3.21. The largest absolute Gasteiger partial charge is 0.457 e. The molecule has 1 amide bonds. The summed E-state index contributed by atoms with van der Waals surface area (Å²) in [5.74, 6) is 1.11. The Labute approximate surface area is 174 Å². The maximum Gasteiger partial charge on any atom is 0.251 e. The van der Waals surface area contributed by atoms with Crippen molar-refractivity contribution in [2.24, 2.45) is 7.05 Å². The average molecular weight is 399 g/mol. The van der Waals surface area contributed by atoms with Crippen LogP contribution in [-0.2, 0) is 13.6 Å². The summed E-state index contributed by atoms with van der Waals surface area (Å²) in [4.78, 5) is 21.1. The number of ether oxygens (including phenoxy) is 1. The Hall–Kier alpha value is -4.00. The highest BCUT2D eigenvalue weighted by Gasteiger charge is 2.13. The highest BCUT2D eigenvalue weighted by molar-refractivity contribution is 5.96. The van der Waals surface area contributed by atoms with Gasteiger partial charge in [-0.25, -0.2) is 0 Å². The minimum atomic E-state index is -0.152. The summed E-state index contributed by atoms with van der Waals surface area (Å²) >= 11 is 0. The molecule has 0 aliphatic carbocycles. The van der Waals surface area contributed by atoms with E-state index in [-0.39, 0.29) is 5.91 Å². The van der Waals surface area contributed by atoms with E-state index in [4.69, 9.17) is 4.74 Å². The van der Waals surface area contributed by atoms with Gasteiger partial charge in [-0.15, -0.1) is 0 Å². The van der Waals surface area contributed by atoms with Gasteiger partial charge in [-0.3, -0.25) is 19.4 Å². The van der Waals surface area contributed by atoms with Crippen LogP contribution in [0.15, 0.2) is 73.4 Å². The zero-order valence-electron chi connectivity index (χ0n) is 16.7. The summed E-state index contributed by atoms with van der Waals surface area (Å²) in [5, 5.41) is 7.12. The number of rotatable bonds is 6. The summed E-state index contributed by atoms with van der Waals surface area (Å²) < 4.78 is 7.80. The smallest absolute Gasteiger partial charge is 0.251 e. The Balaban J connectivity index is 1.51. The van der Waals surface area contributed by atoms with Crippen molar-refractivity contribution in [3.8, 4) is 22.8 Å². The SMILES string of the molecule is Cc1c(Oc2ccnc(-c3cnn(C)c3)c2)cccc1C(=O)NCc1ccncc1. The highest BCUT2D eigenvalue weighted by Crippen LogP contribution is 2.29. The molecular weight excluding hydrogens is 378 g/mol. The first-order valence-electron chi connectivity index (χ1n) is 9.50. The molecule has 0 unspecified atom stereocenters. The molecule has 0 bridgehead atoms. The maximum absolute atomic E-state index is 12.7. The molecule has 3 aromatic heterocycles. The summed E-state index contributed by atoms with van der Waals surface area (Å²) in [6, 6.07) is 12.8. The lowest BCUT2D eigenvalue weighted by Gasteiger charge is -2.13. The molecule has 1 N–H and O–H groups in total. The fourth-order valence-corrected chi connectivity index (χ4v) is 3.06. The van der Waals surface area contributed by atoms with Crippen molar-refractivity contribution < 1.29 is 9.53 Å². The predicted molar refractivity (Wildman–Crippen MR) is 113 cm³/mol. The molecule has 0 fully saturated rings. The molecule has 0 aliphatic rings. The Morgan fingerprint density at radius 1 is 1.13 bits per heavy atom. The van der Waals surface area contributed by atoms with Gasteiger partial charge in [-0.05, 0) is 42.8 Å². The van der Waals surface area contributed by atoms with E-state index in [1.165, 1.54) is 0 Å². The van der Waals surface area contributed by atoms with E-state index in [1.54, 1.807) is 41.6 Å². The molecule has 7 nitrogen and oxygen atoms in total. The minimum Gasteiger partial charge on any atom is -0.457 e. The maximum atomic E-state index is 12.7. The first-order chi connectivity index (χ1) is 14.6. The van der Waals surface area contributed by atoms with Crippen LogP contribution in [0.25, 0.3) is 11.3 Å². The Morgan fingerprint density at radius 2 is 1.97 bits per heavy atom. The molecule has 0 aliphatic heterocycles. The van der Waals surface area contributed by atoms with Crippen molar-refractivity contribution >= 4 is 5.91 Å².